The summed E-state index contributed by atoms with van der Waals surface area (Å²) in [5.41, 5.74) is 0.709. The van der Waals surface area contributed by atoms with Gasteiger partial charge in [-0.05, 0) is 31.5 Å². The van der Waals surface area contributed by atoms with Gasteiger partial charge < -0.3 is 5.32 Å². The lowest BCUT2D eigenvalue weighted by molar-refractivity contribution is 0.456. The first kappa shape index (κ1) is 14.5. The highest BCUT2D eigenvalue weighted by atomic mass is 35.5. The van der Waals surface area contributed by atoms with E-state index in [4.69, 9.17) is 11.6 Å². The van der Waals surface area contributed by atoms with Crippen LogP contribution >= 0.6 is 11.6 Å². The van der Waals surface area contributed by atoms with Crippen molar-refractivity contribution < 1.29 is 4.39 Å². The molecule has 1 aromatic carbocycles. The van der Waals surface area contributed by atoms with E-state index < -0.39 is 0 Å². The van der Waals surface area contributed by atoms with E-state index in [9.17, 15) is 4.39 Å². The van der Waals surface area contributed by atoms with Crippen LogP contribution in [0.15, 0.2) is 18.2 Å². The Kier molecular flexibility index (Phi) is 5.93. The van der Waals surface area contributed by atoms with Crippen LogP contribution in [0.1, 0.15) is 44.7 Å². The van der Waals surface area contributed by atoms with Crippen molar-refractivity contribution in [2.75, 3.05) is 7.05 Å². The van der Waals surface area contributed by atoms with E-state index in [2.05, 4.69) is 19.2 Å². The fourth-order valence-electron chi connectivity index (χ4n) is 1.97. The van der Waals surface area contributed by atoms with Gasteiger partial charge >= 0.3 is 0 Å². The molecule has 96 valence electrons. The Bertz CT molecular complexity index is 352. The van der Waals surface area contributed by atoms with Crippen LogP contribution in [0, 0.1) is 11.7 Å². The van der Waals surface area contributed by atoms with E-state index >= 15 is 0 Å². The minimum Gasteiger partial charge on any atom is -0.313 e. The molecule has 17 heavy (non-hydrogen) atoms. The fourth-order valence-corrected chi connectivity index (χ4v) is 2.13. The maximum absolute atomic E-state index is 13.7. The molecule has 1 rings (SSSR count). The first-order valence-electron chi connectivity index (χ1n) is 6.16. The molecule has 0 heterocycles. The highest BCUT2D eigenvalue weighted by Crippen LogP contribution is 2.25. The van der Waals surface area contributed by atoms with Crippen LogP contribution in [-0.2, 0) is 0 Å². The molecule has 1 aromatic rings. The molecule has 1 unspecified atom stereocenters. The van der Waals surface area contributed by atoms with E-state index in [1.165, 1.54) is 12.5 Å². The quantitative estimate of drug-likeness (QED) is 0.787. The van der Waals surface area contributed by atoms with Crippen molar-refractivity contribution in [2.45, 2.75) is 39.2 Å². The van der Waals surface area contributed by atoms with Crippen LogP contribution in [0.3, 0.4) is 0 Å². The molecule has 1 atom stereocenters. The largest absolute Gasteiger partial charge is 0.313 e. The lowest BCUT2D eigenvalue weighted by Gasteiger charge is -2.18. The number of hydrogen-bond acceptors (Lipinski definition) is 1. The normalized spacial score (nSPS) is 13.1. The summed E-state index contributed by atoms with van der Waals surface area (Å²) >= 11 is 5.75. The van der Waals surface area contributed by atoms with E-state index in [0.717, 1.165) is 12.8 Å². The topological polar surface area (TPSA) is 12.0 Å². The van der Waals surface area contributed by atoms with Crippen LogP contribution in [-0.4, -0.2) is 7.05 Å². The van der Waals surface area contributed by atoms with Crippen LogP contribution in [0.5, 0.6) is 0 Å². The second kappa shape index (κ2) is 6.97. The molecule has 0 saturated heterocycles. The third-order valence-electron chi connectivity index (χ3n) is 2.96. The molecular formula is C14H21ClFN. The Hall–Kier alpha value is -0.600. The lowest BCUT2D eigenvalue weighted by Crippen LogP contribution is -2.17. The lowest BCUT2D eigenvalue weighted by atomic mass is 9.98. The molecule has 1 N–H and O–H groups in total. The highest BCUT2D eigenvalue weighted by Gasteiger charge is 2.14. The molecule has 0 amide bonds. The number of halogens is 2. The van der Waals surface area contributed by atoms with Gasteiger partial charge in [-0.2, -0.15) is 0 Å². The van der Waals surface area contributed by atoms with Crippen LogP contribution < -0.4 is 5.32 Å². The third kappa shape index (κ3) is 4.64. The van der Waals surface area contributed by atoms with Crippen LogP contribution in [0.2, 0.25) is 5.02 Å². The first-order valence-corrected chi connectivity index (χ1v) is 6.54. The van der Waals surface area contributed by atoms with Crippen LogP contribution in [0.4, 0.5) is 4.39 Å². The van der Waals surface area contributed by atoms with Crippen molar-refractivity contribution in [2.24, 2.45) is 5.92 Å². The van der Waals surface area contributed by atoms with Gasteiger partial charge in [-0.25, -0.2) is 4.39 Å². The van der Waals surface area contributed by atoms with Gasteiger partial charge in [0.2, 0.25) is 0 Å². The van der Waals surface area contributed by atoms with Gasteiger partial charge in [-0.3, -0.25) is 0 Å². The van der Waals surface area contributed by atoms with Crippen molar-refractivity contribution in [1.29, 1.82) is 0 Å². The summed E-state index contributed by atoms with van der Waals surface area (Å²) in [5.74, 6) is 0.476. The standard InChI is InChI=1S/C14H21ClFN/c1-10(2)5-4-6-14(17-3)12-8-7-11(15)9-13(12)16/h7-10,14,17H,4-6H2,1-3H3. The summed E-state index contributed by atoms with van der Waals surface area (Å²) in [4.78, 5) is 0. The van der Waals surface area contributed by atoms with Gasteiger partial charge in [-0.1, -0.05) is 44.4 Å². The van der Waals surface area contributed by atoms with Gasteiger partial charge in [0.1, 0.15) is 5.82 Å². The monoisotopic (exact) mass is 257 g/mol. The molecule has 0 aliphatic carbocycles. The minimum atomic E-state index is -0.221. The van der Waals surface area contributed by atoms with Gasteiger partial charge in [-0.15, -0.1) is 0 Å². The molecular weight excluding hydrogens is 237 g/mol. The van der Waals surface area contributed by atoms with E-state index in [-0.39, 0.29) is 11.9 Å². The zero-order chi connectivity index (χ0) is 12.8. The Morgan fingerprint density at radius 3 is 2.53 bits per heavy atom. The number of benzene rings is 1. The first-order chi connectivity index (χ1) is 8.04. The molecule has 0 aromatic heterocycles. The minimum absolute atomic E-state index is 0.0750. The Balaban J connectivity index is 2.66. The molecule has 0 saturated carbocycles. The maximum Gasteiger partial charge on any atom is 0.129 e. The fraction of sp³-hybridized carbons (Fsp3) is 0.571. The average Bonchev–Trinajstić information content (AvgIpc) is 2.25. The van der Waals surface area contributed by atoms with Crippen molar-refractivity contribution in [1.82, 2.24) is 5.32 Å². The van der Waals surface area contributed by atoms with Gasteiger partial charge in [0, 0.05) is 16.6 Å². The second-order valence-electron chi connectivity index (χ2n) is 4.83. The molecule has 0 radical (unpaired) electrons. The Morgan fingerprint density at radius 2 is 2.00 bits per heavy atom. The second-order valence-corrected chi connectivity index (χ2v) is 5.27. The summed E-state index contributed by atoms with van der Waals surface area (Å²) in [6.07, 6.45) is 3.23. The van der Waals surface area contributed by atoms with E-state index in [0.29, 0.717) is 16.5 Å². The maximum atomic E-state index is 13.7. The molecule has 1 nitrogen and oxygen atoms in total. The SMILES string of the molecule is CNC(CCCC(C)C)c1ccc(Cl)cc1F. The zero-order valence-corrected chi connectivity index (χ0v) is 11.5. The molecule has 0 fully saturated rings. The zero-order valence-electron chi connectivity index (χ0n) is 10.8. The van der Waals surface area contributed by atoms with E-state index in [1.807, 2.05) is 7.05 Å². The number of rotatable bonds is 6. The highest BCUT2D eigenvalue weighted by molar-refractivity contribution is 6.30. The van der Waals surface area contributed by atoms with Crippen molar-refractivity contribution in [3.05, 3.63) is 34.6 Å². The number of nitrogens with one attached hydrogen (secondary N) is 1. The van der Waals surface area contributed by atoms with Gasteiger partial charge in [0.25, 0.3) is 0 Å². The molecule has 0 aliphatic rings. The van der Waals surface area contributed by atoms with Gasteiger partial charge in [0.15, 0.2) is 0 Å². The van der Waals surface area contributed by atoms with Crippen molar-refractivity contribution in [3.63, 3.8) is 0 Å². The third-order valence-corrected chi connectivity index (χ3v) is 3.20. The molecule has 0 aliphatic heterocycles. The predicted octanol–water partition coefficient (Wildman–Crippen LogP) is 4.57. The van der Waals surface area contributed by atoms with E-state index in [1.54, 1.807) is 12.1 Å². The Labute approximate surface area is 108 Å². The van der Waals surface area contributed by atoms with Crippen molar-refractivity contribution in [3.8, 4) is 0 Å². The summed E-state index contributed by atoms with van der Waals surface area (Å²) < 4.78 is 13.7. The summed E-state index contributed by atoms with van der Waals surface area (Å²) in [7, 11) is 1.87. The predicted molar refractivity (Wildman–Crippen MR) is 71.9 cm³/mol. The summed E-state index contributed by atoms with van der Waals surface area (Å²) in [5, 5.41) is 3.62. The summed E-state index contributed by atoms with van der Waals surface area (Å²) in [6.45, 7) is 4.41. The summed E-state index contributed by atoms with van der Waals surface area (Å²) in [6, 6.07) is 4.97. The molecule has 0 bridgehead atoms. The molecule has 0 spiro atoms. The molecule has 3 heteroatoms. The van der Waals surface area contributed by atoms with Gasteiger partial charge in [0.05, 0.1) is 0 Å². The number of hydrogen-bond donors (Lipinski definition) is 1. The average molecular weight is 258 g/mol. The Morgan fingerprint density at radius 1 is 1.29 bits per heavy atom. The smallest absolute Gasteiger partial charge is 0.129 e. The van der Waals surface area contributed by atoms with Crippen LogP contribution in [0.25, 0.3) is 0 Å². The van der Waals surface area contributed by atoms with Crippen molar-refractivity contribution >= 4 is 11.6 Å².